The highest BCUT2D eigenvalue weighted by Gasteiger charge is 2.58. The van der Waals surface area contributed by atoms with Gasteiger partial charge in [0.2, 0.25) is 5.91 Å². The van der Waals surface area contributed by atoms with Crippen LogP contribution < -0.4 is 10.6 Å². The quantitative estimate of drug-likeness (QED) is 0.371. The molecule has 2 aromatic rings. The summed E-state index contributed by atoms with van der Waals surface area (Å²) in [6, 6.07) is 5.38. The minimum Gasteiger partial charge on any atom is -0.375 e. The monoisotopic (exact) mass is 484 g/mol. The molecule has 1 aromatic carbocycles. The second kappa shape index (κ2) is 9.43. The fourth-order valence-corrected chi connectivity index (χ4v) is 5.22. The van der Waals surface area contributed by atoms with Gasteiger partial charge in [-0.3, -0.25) is 19.3 Å². The van der Waals surface area contributed by atoms with Gasteiger partial charge in [0.25, 0.3) is 5.91 Å². The van der Waals surface area contributed by atoms with Crippen molar-refractivity contribution in [1.29, 1.82) is 0 Å². The van der Waals surface area contributed by atoms with E-state index in [0.717, 1.165) is 30.4 Å². The molecule has 1 heterocycles. The number of nitrogens with one attached hydrogen (secondary N) is 2. The molecule has 2 amide bonds. The molecule has 10 heteroatoms. The van der Waals surface area contributed by atoms with Crippen LogP contribution in [0.5, 0.6) is 0 Å². The normalized spacial score (nSPS) is 19.2. The van der Waals surface area contributed by atoms with Crippen LogP contribution >= 0.6 is 0 Å². The SMILES string of the molecule is C=C(C)N(CO)N(C)C(C)NC(=O)[C@@H](NC(=O)c1ccnn1C)C1c2cc(F)ccc2CC12CC2. The van der Waals surface area contributed by atoms with Gasteiger partial charge in [-0.1, -0.05) is 12.6 Å². The molecule has 2 aliphatic rings. The number of carbonyl (C=O) groups is 2. The lowest BCUT2D eigenvalue weighted by Crippen LogP contribution is -2.58. The van der Waals surface area contributed by atoms with Crippen LogP contribution in [-0.2, 0) is 18.3 Å². The van der Waals surface area contributed by atoms with E-state index in [0.29, 0.717) is 11.4 Å². The number of hydrogen-bond donors (Lipinski definition) is 3. The topological polar surface area (TPSA) is 103 Å². The second-order valence-electron chi connectivity index (χ2n) is 9.69. The van der Waals surface area contributed by atoms with Gasteiger partial charge in [-0.25, -0.2) is 9.40 Å². The summed E-state index contributed by atoms with van der Waals surface area (Å²) in [5, 5.41) is 22.8. The Labute approximate surface area is 204 Å². The van der Waals surface area contributed by atoms with Crippen LogP contribution in [0.1, 0.15) is 54.2 Å². The number of hydrazine groups is 1. The van der Waals surface area contributed by atoms with Crippen LogP contribution in [0, 0.1) is 11.2 Å². The summed E-state index contributed by atoms with van der Waals surface area (Å²) in [6.07, 6.45) is 3.56. The molecule has 188 valence electrons. The van der Waals surface area contributed by atoms with Crippen molar-refractivity contribution in [3.05, 3.63) is 65.4 Å². The Kier molecular flexibility index (Phi) is 6.70. The molecule has 0 saturated heterocycles. The maximum absolute atomic E-state index is 14.3. The zero-order valence-corrected chi connectivity index (χ0v) is 20.6. The van der Waals surface area contributed by atoms with Crippen molar-refractivity contribution < 1.29 is 19.1 Å². The molecule has 1 fully saturated rings. The average Bonchev–Trinajstić information content (AvgIpc) is 3.31. The largest absolute Gasteiger partial charge is 0.375 e. The van der Waals surface area contributed by atoms with E-state index in [-0.39, 0.29) is 29.8 Å². The van der Waals surface area contributed by atoms with Crippen molar-refractivity contribution in [2.75, 3.05) is 13.8 Å². The van der Waals surface area contributed by atoms with Crippen molar-refractivity contribution in [2.45, 2.75) is 51.2 Å². The number of halogens is 1. The molecule has 0 radical (unpaired) electrons. The number of aromatic nitrogens is 2. The standard InChI is InChI=1S/C25H33FN6O3/c1-15(2)32(14-33)31(5)16(3)28-24(35)22(29-23(34)20-8-11-27-30(20)4)21-19-12-18(26)7-6-17(19)13-25(21)9-10-25/h6-8,11-12,16,21-22,33H,1,9-10,13-14H2,2-5H3,(H,28,35)(H,29,34)/t16?,21?,22-/m0/s1. The average molecular weight is 485 g/mol. The fraction of sp³-hybridized carbons (Fsp3) is 0.480. The summed E-state index contributed by atoms with van der Waals surface area (Å²) >= 11 is 0. The lowest BCUT2D eigenvalue weighted by molar-refractivity contribution is -0.129. The molecule has 2 unspecified atom stereocenters. The van der Waals surface area contributed by atoms with Crippen molar-refractivity contribution >= 4 is 11.8 Å². The molecule has 1 spiro atoms. The summed E-state index contributed by atoms with van der Waals surface area (Å²) in [5.41, 5.74) is 2.54. The van der Waals surface area contributed by atoms with Gasteiger partial charge in [0.15, 0.2) is 0 Å². The Hall–Kier alpha value is -3.24. The zero-order valence-electron chi connectivity index (χ0n) is 20.6. The van der Waals surface area contributed by atoms with Gasteiger partial charge in [-0.2, -0.15) is 5.10 Å². The number of aryl methyl sites for hydroxylation is 1. The highest BCUT2D eigenvalue weighted by atomic mass is 19.1. The molecule has 1 aromatic heterocycles. The molecule has 1 saturated carbocycles. The first kappa shape index (κ1) is 24.9. The molecular weight excluding hydrogens is 451 g/mol. The number of fused-ring (bicyclic) bond motifs is 1. The third-order valence-corrected chi connectivity index (χ3v) is 7.36. The number of allylic oxidation sites excluding steroid dienone is 1. The summed E-state index contributed by atoms with van der Waals surface area (Å²) in [4.78, 5) is 26.9. The van der Waals surface area contributed by atoms with Gasteiger partial charge in [0.05, 0.1) is 6.17 Å². The van der Waals surface area contributed by atoms with E-state index in [4.69, 9.17) is 0 Å². The Morgan fingerprint density at radius 1 is 1.34 bits per heavy atom. The number of aliphatic hydroxyl groups excluding tert-OH is 1. The maximum Gasteiger partial charge on any atom is 0.270 e. The predicted octanol–water partition coefficient (Wildman–Crippen LogP) is 1.87. The van der Waals surface area contributed by atoms with Gasteiger partial charge < -0.3 is 15.7 Å². The van der Waals surface area contributed by atoms with Crippen LogP contribution in [0.3, 0.4) is 0 Å². The Morgan fingerprint density at radius 3 is 2.63 bits per heavy atom. The summed E-state index contributed by atoms with van der Waals surface area (Å²) in [6.45, 7) is 7.08. The first-order chi connectivity index (χ1) is 16.6. The van der Waals surface area contributed by atoms with E-state index < -0.39 is 18.1 Å². The van der Waals surface area contributed by atoms with E-state index in [2.05, 4.69) is 22.3 Å². The molecule has 0 aliphatic heterocycles. The lowest BCUT2D eigenvalue weighted by Gasteiger charge is -2.38. The number of carbonyl (C=O) groups excluding carboxylic acids is 2. The Morgan fingerprint density at radius 2 is 2.06 bits per heavy atom. The third-order valence-electron chi connectivity index (χ3n) is 7.36. The first-order valence-electron chi connectivity index (χ1n) is 11.7. The first-order valence-corrected chi connectivity index (χ1v) is 11.7. The molecule has 35 heavy (non-hydrogen) atoms. The molecular formula is C25H33FN6O3. The van der Waals surface area contributed by atoms with Gasteiger partial charge in [-0.05, 0) is 67.9 Å². The molecule has 0 bridgehead atoms. The van der Waals surface area contributed by atoms with E-state index >= 15 is 0 Å². The number of benzene rings is 1. The highest BCUT2D eigenvalue weighted by Crippen LogP contribution is 2.64. The molecule has 3 atom stereocenters. The van der Waals surface area contributed by atoms with Gasteiger partial charge in [0, 0.05) is 31.9 Å². The van der Waals surface area contributed by atoms with Crippen LogP contribution in [-0.4, -0.2) is 62.7 Å². The molecule has 4 rings (SSSR count). The van der Waals surface area contributed by atoms with Crippen LogP contribution in [0.2, 0.25) is 0 Å². The second-order valence-corrected chi connectivity index (χ2v) is 9.69. The van der Waals surface area contributed by atoms with E-state index in [1.165, 1.54) is 28.0 Å². The summed E-state index contributed by atoms with van der Waals surface area (Å²) in [5.74, 6) is -1.53. The summed E-state index contributed by atoms with van der Waals surface area (Å²) < 4.78 is 15.7. The number of hydrogen-bond acceptors (Lipinski definition) is 6. The van der Waals surface area contributed by atoms with E-state index in [1.807, 2.05) is 0 Å². The number of nitrogens with zero attached hydrogens (tertiary/aromatic N) is 4. The Bertz CT molecular complexity index is 1140. The summed E-state index contributed by atoms with van der Waals surface area (Å²) in [7, 11) is 3.38. The van der Waals surface area contributed by atoms with Crippen LogP contribution in [0.15, 0.2) is 42.7 Å². The molecule has 9 nitrogen and oxygen atoms in total. The third kappa shape index (κ3) is 4.68. The van der Waals surface area contributed by atoms with Gasteiger partial charge in [0.1, 0.15) is 24.3 Å². The van der Waals surface area contributed by atoms with Gasteiger partial charge in [-0.15, -0.1) is 0 Å². The molecule has 2 aliphatic carbocycles. The maximum atomic E-state index is 14.3. The van der Waals surface area contributed by atoms with E-state index in [9.17, 15) is 19.1 Å². The lowest BCUT2D eigenvalue weighted by atomic mass is 9.82. The minimum absolute atomic E-state index is 0.179. The zero-order chi connectivity index (χ0) is 25.5. The number of amides is 2. The van der Waals surface area contributed by atoms with Crippen molar-refractivity contribution in [3.63, 3.8) is 0 Å². The minimum atomic E-state index is -0.925. The highest BCUT2D eigenvalue weighted by molar-refractivity contribution is 5.97. The smallest absolute Gasteiger partial charge is 0.270 e. The fourth-order valence-electron chi connectivity index (χ4n) is 5.22. The number of aliphatic hydroxyl groups is 1. The van der Waals surface area contributed by atoms with Gasteiger partial charge >= 0.3 is 0 Å². The van der Waals surface area contributed by atoms with Crippen molar-refractivity contribution in [2.24, 2.45) is 12.5 Å². The number of rotatable bonds is 9. The van der Waals surface area contributed by atoms with Crippen molar-refractivity contribution in [3.8, 4) is 0 Å². The van der Waals surface area contributed by atoms with Crippen LogP contribution in [0.4, 0.5) is 4.39 Å². The van der Waals surface area contributed by atoms with Crippen molar-refractivity contribution in [1.82, 2.24) is 30.4 Å². The van der Waals surface area contributed by atoms with E-state index in [1.54, 1.807) is 45.1 Å². The predicted molar refractivity (Wildman–Crippen MR) is 128 cm³/mol. The molecule has 3 N–H and O–H groups in total. The Balaban J connectivity index is 1.66. The van der Waals surface area contributed by atoms with Crippen LogP contribution in [0.25, 0.3) is 0 Å².